The predicted molar refractivity (Wildman–Crippen MR) is 105 cm³/mol. The lowest BCUT2D eigenvalue weighted by atomic mass is 10.2. The van der Waals surface area contributed by atoms with Crippen LogP contribution in [0.1, 0.15) is 5.69 Å². The Hall–Kier alpha value is -3.19. The molecule has 1 fully saturated rings. The van der Waals surface area contributed by atoms with Gasteiger partial charge in [0.25, 0.3) is 5.56 Å². The normalized spacial score (nSPS) is 14.8. The van der Waals surface area contributed by atoms with E-state index in [0.29, 0.717) is 17.1 Å². The first-order valence-electron chi connectivity index (χ1n) is 8.94. The number of ether oxygens (including phenoxy) is 1. The van der Waals surface area contributed by atoms with Crippen LogP contribution >= 0.6 is 0 Å². The van der Waals surface area contributed by atoms with Crippen LogP contribution in [0, 0.1) is 6.92 Å². The fourth-order valence-corrected chi connectivity index (χ4v) is 3.07. The summed E-state index contributed by atoms with van der Waals surface area (Å²) in [7, 11) is 0. The molecule has 0 aliphatic carbocycles. The third-order valence-electron chi connectivity index (χ3n) is 4.55. The topological polar surface area (TPSA) is 75.0 Å². The largest absolute Gasteiger partial charge is 0.378 e. The summed E-state index contributed by atoms with van der Waals surface area (Å²) in [5.74, 6) is 0. The fourth-order valence-electron chi connectivity index (χ4n) is 3.07. The monoisotopic (exact) mass is 363 g/mol. The van der Waals surface area contributed by atoms with E-state index in [2.05, 4.69) is 20.2 Å². The van der Waals surface area contributed by atoms with Gasteiger partial charge in [-0.15, -0.1) is 5.11 Å². The molecule has 0 amide bonds. The first kappa shape index (κ1) is 17.2. The maximum absolute atomic E-state index is 12.6. The predicted octanol–water partition coefficient (Wildman–Crippen LogP) is 3.73. The van der Waals surface area contributed by atoms with Crippen LogP contribution in [0.2, 0.25) is 0 Å². The van der Waals surface area contributed by atoms with Crippen molar-refractivity contribution < 1.29 is 4.74 Å². The number of rotatable bonds is 4. The van der Waals surface area contributed by atoms with Gasteiger partial charge in [-0.1, -0.05) is 18.2 Å². The number of H-pyrrole nitrogens is 1. The smallest absolute Gasteiger partial charge is 0.299 e. The standard InChI is InChI=1S/C20H21N5O2/c1-15-19(20(26)25(23-15)18-5-3-2-4-6-18)22-21-16-7-9-17(10-8-16)24-11-13-27-14-12-24/h2-10,23H,11-14H2,1H3. The first-order chi connectivity index (χ1) is 13.2. The van der Waals surface area contributed by atoms with Gasteiger partial charge in [-0.3, -0.25) is 9.89 Å². The molecule has 27 heavy (non-hydrogen) atoms. The summed E-state index contributed by atoms with van der Waals surface area (Å²) in [6.45, 7) is 5.10. The van der Waals surface area contributed by atoms with E-state index in [0.717, 1.165) is 37.7 Å². The molecule has 2 heterocycles. The molecular formula is C20H21N5O2. The molecule has 0 bridgehead atoms. The lowest BCUT2D eigenvalue weighted by Crippen LogP contribution is -2.36. The number of nitrogens with one attached hydrogen (secondary N) is 1. The Kier molecular flexibility index (Phi) is 4.84. The Morgan fingerprint density at radius 3 is 2.33 bits per heavy atom. The minimum absolute atomic E-state index is 0.215. The van der Waals surface area contributed by atoms with Gasteiger partial charge in [-0.05, 0) is 43.3 Å². The molecule has 0 atom stereocenters. The molecule has 0 saturated carbocycles. The zero-order valence-corrected chi connectivity index (χ0v) is 15.1. The number of hydrogen-bond acceptors (Lipinski definition) is 5. The van der Waals surface area contributed by atoms with Crippen molar-refractivity contribution in [2.45, 2.75) is 6.92 Å². The maximum atomic E-state index is 12.6. The van der Waals surface area contributed by atoms with E-state index < -0.39 is 0 Å². The van der Waals surface area contributed by atoms with Crippen LogP contribution in [-0.4, -0.2) is 36.1 Å². The van der Waals surface area contributed by atoms with Crippen molar-refractivity contribution >= 4 is 17.1 Å². The van der Waals surface area contributed by atoms with Crippen molar-refractivity contribution in [2.24, 2.45) is 10.2 Å². The summed E-state index contributed by atoms with van der Waals surface area (Å²) in [5.41, 5.74) is 3.39. The fraction of sp³-hybridized carbons (Fsp3) is 0.250. The van der Waals surface area contributed by atoms with E-state index in [1.54, 1.807) is 0 Å². The molecule has 1 aliphatic heterocycles. The highest BCUT2D eigenvalue weighted by Gasteiger charge is 2.12. The quantitative estimate of drug-likeness (QED) is 0.718. The van der Waals surface area contributed by atoms with Crippen LogP contribution in [-0.2, 0) is 4.74 Å². The number of aromatic nitrogens is 2. The Labute approximate surface area is 156 Å². The molecule has 1 N–H and O–H groups in total. The molecule has 7 heteroatoms. The second-order valence-corrected chi connectivity index (χ2v) is 6.38. The van der Waals surface area contributed by atoms with Gasteiger partial charge in [-0.2, -0.15) is 5.11 Å². The van der Waals surface area contributed by atoms with Crippen LogP contribution in [0.3, 0.4) is 0 Å². The summed E-state index contributed by atoms with van der Waals surface area (Å²) >= 11 is 0. The summed E-state index contributed by atoms with van der Waals surface area (Å²) in [4.78, 5) is 14.9. The summed E-state index contributed by atoms with van der Waals surface area (Å²) in [6, 6.07) is 17.3. The van der Waals surface area contributed by atoms with E-state index in [-0.39, 0.29) is 5.56 Å². The molecule has 0 unspecified atom stereocenters. The second kappa shape index (κ2) is 7.59. The van der Waals surface area contributed by atoms with Gasteiger partial charge < -0.3 is 9.64 Å². The van der Waals surface area contributed by atoms with Crippen molar-refractivity contribution in [3.63, 3.8) is 0 Å². The number of aryl methyl sites for hydroxylation is 1. The number of para-hydroxylation sites is 1. The van der Waals surface area contributed by atoms with Gasteiger partial charge in [0.05, 0.1) is 30.3 Å². The van der Waals surface area contributed by atoms with E-state index >= 15 is 0 Å². The van der Waals surface area contributed by atoms with Gasteiger partial charge in [0.1, 0.15) is 0 Å². The van der Waals surface area contributed by atoms with E-state index in [1.807, 2.05) is 61.5 Å². The van der Waals surface area contributed by atoms with Crippen LogP contribution in [0.4, 0.5) is 17.1 Å². The minimum Gasteiger partial charge on any atom is -0.378 e. The van der Waals surface area contributed by atoms with E-state index in [9.17, 15) is 4.79 Å². The molecule has 4 rings (SSSR count). The maximum Gasteiger partial charge on any atom is 0.299 e. The number of benzene rings is 2. The Bertz CT molecular complexity index is 983. The second-order valence-electron chi connectivity index (χ2n) is 6.38. The number of nitrogens with zero attached hydrogens (tertiary/aromatic N) is 4. The molecule has 0 radical (unpaired) electrons. The van der Waals surface area contributed by atoms with Gasteiger partial charge >= 0.3 is 0 Å². The molecule has 1 aromatic heterocycles. The molecule has 138 valence electrons. The van der Waals surface area contributed by atoms with Gasteiger partial charge in [0.2, 0.25) is 0 Å². The van der Waals surface area contributed by atoms with Crippen LogP contribution in [0.5, 0.6) is 0 Å². The number of morpholine rings is 1. The van der Waals surface area contributed by atoms with Crippen LogP contribution < -0.4 is 10.5 Å². The zero-order chi connectivity index (χ0) is 18.6. The lowest BCUT2D eigenvalue weighted by Gasteiger charge is -2.28. The highest BCUT2D eigenvalue weighted by atomic mass is 16.5. The van der Waals surface area contributed by atoms with Gasteiger partial charge in [0.15, 0.2) is 5.69 Å². The van der Waals surface area contributed by atoms with Crippen molar-refractivity contribution in [1.29, 1.82) is 0 Å². The number of azo groups is 1. The Morgan fingerprint density at radius 2 is 1.63 bits per heavy atom. The highest BCUT2D eigenvalue weighted by molar-refractivity contribution is 5.53. The van der Waals surface area contributed by atoms with Crippen molar-refractivity contribution in [3.8, 4) is 5.69 Å². The summed E-state index contributed by atoms with van der Waals surface area (Å²) < 4.78 is 6.86. The van der Waals surface area contributed by atoms with Gasteiger partial charge in [-0.25, -0.2) is 4.68 Å². The third-order valence-corrected chi connectivity index (χ3v) is 4.55. The Morgan fingerprint density at radius 1 is 0.926 bits per heavy atom. The van der Waals surface area contributed by atoms with Crippen molar-refractivity contribution in [1.82, 2.24) is 9.78 Å². The molecule has 1 saturated heterocycles. The molecule has 2 aromatic carbocycles. The highest BCUT2D eigenvalue weighted by Crippen LogP contribution is 2.23. The molecule has 7 nitrogen and oxygen atoms in total. The SMILES string of the molecule is Cc1[nH]n(-c2ccccc2)c(=O)c1N=Nc1ccc(N2CCOCC2)cc1. The average molecular weight is 363 g/mol. The summed E-state index contributed by atoms with van der Waals surface area (Å²) in [5, 5.41) is 11.5. The number of aromatic amines is 1. The van der Waals surface area contributed by atoms with E-state index in [4.69, 9.17) is 4.74 Å². The van der Waals surface area contributed by atoms with Gasteiger partial charge in [0, 0.05) is 18.8 Å². The van der Waals surface area contributed by atoms with Crippen molar-refractivity contribution in [3.05, 3.63) is 70.6 Å². The first-order valence-corrected chi connectivity index (χ1v) is 8.94. The molecule has 0 spiro atoms. The molecule has 3 aromatic rings. The Balaban J connectivity index is 1.55. The average Bonchev–Trinajstić information content (AvgIpc) is 3.02. The number of hydrogen-bond donors (Lipinski definition) is 1. The van der Waals surface area contributed by atoms with E-state index in [1.165, 1.54) is 4.68 Å². The van der Waals surface area contributed by atoms with Crippen molar-refractivity contribution in [2.75, 3.05) is 31.2 Å². The zero-order valence-electron chi connectivity index (χ0n) is 15.1. The molecular weight excluding hydrogens is 342 g/mol. The van der Waals surface area contributed by atoms with Crippen LogP contribution in [0.15, 0.2) is 69.6 Å². The van der Waals surface area contributed by atoms with Crippen LogP contribution in [0.25, 0.3) is 5.69 Å². The molecule has 1 aliphatic rings. The lowest BCUT2D eigenvalue weighted by molar-refractivity contribution is 0.122. The number of anilines is 1. The summed E-state index contributed by atoms with van der Waals surface area (Å²) in [6.07, 6.45) is 0. The minimum atomic E-state index is -0.215. The third kappa shape index (κ3) is 3.68.